The predicted molar refractivity (Wildman–Crippen MR) is 73.4 cm³/mol. The molecule has 2 aromatic heterocycles. The second-order valence-corrected chi connectivity index (χ2v) is 4.32. The minimum absolute atomic E-state index is 0.0705. The van der Waals surface area contributed by atoms with Crippen LogP contribution in [0.25, 0.3) is 11.0 Å². The molecular formula is C11H12N8O. The molecule has 0 unspecified atom stereocenters. The molecule has 2 heterocycles. The first-order valence-electron chi connectivity index (χ1n) is 5.81. The molecule has 0 bridgehead atoms. The molecule has 0 saturated carbocycles. The molecule has 9 heteroatoms. The van der Waals surface area contributed by atoms with E-state index in [9.17, 15) is 4.79 Å². The Bertz CT molecular complexity index is 868. The number of tetrazole rings is 1. The van der Waals surface area contributed by atoms with Gasteiger partial charge in [-0.1, -0.05) is 16.0 Å². The van der Waals surface area contributed by atoms with Gasteiger partial charge in [0.05, 0.1) is 17.2 Å². The molecule has 9 nitrogen and oxygen atoms in total. The van der Waals surface area contributed by atoms with Gasteiger partial charge in [-0.2, -0.15) is 5.10 Å². The maximum absolute atomic E-state index is 11.8. The van der Waals surface area contributed by atoms with Crippen LogP contribution in [-0.4, -0.2) is 35.7 Å². The van der Waals surface area contributed by atoms with Gasteiger partial charge in [-0.25, -0.2) is 4.79 Å². The van der Waals surface area contributed by atoms with Crippen LogP contribution in [0.5, 0.6) is 0 Å². The summed E-state index contributed by atoms with van der Waals surface area (Å²) in [5.41, 5.74) is 7.93. The number of nitrogens with two attached hydrogens (primary N) is 1. The van der Waals surface area contributed by atoms with Crippen molar-refractivity contribution < 1.29 is 0 Å². The summed E-state index contributed by atoms with van der Waals surface area (Å²) in [5, 5.41) is 14.6. The summed E-state index contributed by atoms with van der Waals surface area (Å²) in [6, 6.07) is 5.58. The predicted octanol–water partition coefficient (Wildman–Crippen LogP) is -0.672. The van der Waals surface area contributed by atoms with E-state index in [0.29, 0.717) is 0 Å². The molecule has 0 spiro atoms. The average Bonchev–Trinajstić information content (AvgIpc) is 2.95. The highest BCUT2D eigenvalue weighted by Crippen LogP contribution is 2.12. The third kappa shape index (κ3) is 1.76. The number of fused-ring (bicyclic) bond motifs is 1. The zero-order valence-electron chi connectivity index (χ0n) is 10.9. The van der Waals surface area contributed by atoms with Crippen LogP contribution in [-0.2, 0) is 14.1 Å². The summed E-state index contributed by atoms with van der Waals surface area (Å²) in [7, 11) is 3.46. The van der Waals surface area contributed by atoms with E-state index in [1.807, 2.05) is 18.2 Å². The number of nitrogens with zero attached hydrogens (tertiary/aromatic N) is 7. The third-order valence-corrected chi connectivity index (χ3v) is 3.09. The number of nitrogen functional groups attached to an aromatic ring is 1. The maximum atomic E-state index is 11.8. The monoisotopic (exact) mass is 272 g/mol. The second kappa shape index (κ2) is 4.30. The number of anilines is 1. The van der Waals surface area contributed by atoms with Gasteiger partial charge >= 0.3 is 5.69 Å². The first kappa shape index (κ1) is 12.1. The normalized spacial score (nSPS) is 11.7. The number of hydrogen-bond acceptors (Lipinski definition) is 6. The lowest BCUT2D eigenvalue weighted by Gasteiger charge is -1.97. The van der Waals surface area contributed by atoms with Gasteiger partial charge in [-0.05, 0) is 28.1 Å². The highest BCUT2D eigenvalue weighted by Gasteiger charge is 2.07. The molecular weight excluding hydrogens is 260 g/mol. The van der Waals surface area contributed by atoms with E-state index in [-0.39, 0.29) is 11.6 Å². The Hall–Kier alpha value is -2.97. The molecule has 3 aromatic rings. The summed E-state index contributed by atoms with van der Waals surface area (Å²) >= 11 is 0. The van der Waals surface area contributed by atoms with Crippen molar-refractivity contribution in [2.45, 2.75) is 0 Å². The number of rotatable bonds is 2. The Balaban J connectivity index is 2.06. The average molecular weight is 272 g/mol. The van der Waals surface area contributed by atoms with Crippen LogP contribution < -0.4 is 11.4 Å². The van der Waals surface area contributed by atoms with E-state index in [1.54, 1.807) is 29.4 Å². The van der Waals surface area contributed by atoms with E-state index >= 15 is 0 Å². The first-order valence-corrected chi connectivity index (χ1v) is 5.81. The molecule has 0 amide bonds. The van der Waals surface area contributed by atoms with Crippen LogP contribution in [0, 0.1) is 0 Å². The molecule has 0 fully saturated rings. The fraction of sp³-hybridized carbons (Fsp3) is 0.182. The maximum Gasteiger partial charge on any atom is 0.328 e. The minimum atomic E-state index is -0.0705. The van der Waals surface area contributed by atoms with Crippen molar-refractivity contribution in [1.82, 2.24) is 29.5 Å². The fourth-order valence-corrected chi connectivity index (χ4v) is 2.00. The molecule has 0 aliphatic heterocycles. The molecule has 0 atom stereocenters. The number of hydrogen-bond donors (Lipinski definition) is 1. The molecule has 102 valence electrons. The lowest BCUT2D eigenvalue weighted by Crippen LogP contribution is -2.19. The number of imidazole rings is 1. The summed E-state index contributed by atoms with van der Waals surface area (Å²) in [4.78, 5) is 13.0. The van der Waals surface area contributed by atoms with Gasteiger partial charge in [-0.3, -0.25) is 9.13 Å². The number of aryl methyl sites for hydroxylation is 2. The van der Waals surface area contributed by atoms with E-state index in [2.05, 4.69) is 20.6 Å². The lowest BCUT2D eigenvalue weighted by molar-refractivity contribution is 0.699. The molecule has 0 aliphatic carbocycles. The smallest absolute Gasteiger partial charge is 0.328 e. The molecule has 20 heavy (non-hydrogen) atoms. The van der Waals surface area contributed by atoms with E-state index < -0.39 is 0 Å². The van der Waals surface area contributed by atoms with Gasteiger partial charge in [0.2, 0.25) is 0 Å². The quantitative estimate of drug-likeness (QED) is 0.622. The Morgan fingerprint density at radius 2 is 2.00 bits per heavy atom. The summed E-state index contributed by atoms with van der Waals surface area (Å²) in [6.45, 7) is 0. The molecule has 0 saturated heterocycles. The Kier molecular flexibility index (Phi) is 2.60. The SMILES string of the molecule is Cn1c(=O)n(C)c2cc(/C=N\n3nnnc3N)ccc21. The van der Waals surface area contributed by atoms with Crippen LogP contribution in [0.4, 0.5) is 5.95 Å². The van der Waals surface area contributed by atoms with Gasteiger partial charge in [-0.15, -0.1) is 0 Å². The van der Waals surface area contributed by atoms with Crippen molar-refractivity contribution in [3.63, 3.8) is 0 Å². The zero-order valence-corrected chi connectivity index (χ0v) is 10.9. The second-order valence-electron chi connectivity index (χ2n) is 4.32. The fourth-order valence-electron chi connectivity index (χ4n) is 2.00. The highest BCUT2D eigenvalue weighted by atomic mass is 16.1. The minimum Gasteiger partial charge on any atom is -0.365 e. The lowest BCUT2D eigenvalue weighted by atomic mass is 10.2. The van der Waals surface area contributed by atoms with Crippen LogP contribution >= 0.6 is 0 Å². The Morgan fingerprint density at radius 3 is 2.70 bits per heavy atom. The zero-order chi connectivity index (χ0) is 14.3. The molecule has 3 rings (SSSR count). The van der Waals surface area contributed by atoms with Crippen molar-refractivity contribution in [3.05, 3.63) is 34.2 Å². The van der Waals surface area contributed by atoms with Gasteiger partial charge < -0.3 is 5.73 Å². The van der Waals surface area contributed by atoms with Crippen LogP contribution in [0.1, 0.15) is 5.56 Å². The number of benzene rings is 1. The topological polar surface area (TPSA) is 109 Å². The molecule has 0 aliphatic rings. The van der Waals surface area contributed by atoms with Gasteiger partial charge in [0.1, 0.15) is 0 Å². The van der Waals surface area contributed by atoms with Gasteiger partial charge in [0.15, 0.2) is 0 Å². The Morgan fingerprint density at radius 1 is 1.25 bits per heavy atom. The Labute approximate surface area is 112 Å². The summed E-state index contributed by atoms with van der Waals surface area (Å²) in [6.07, 6.45) is 1.57. The van der Waals surface area contributed by atoms with Crippen molar-refractivity contribution in [3.8, 4) is 0 Å². The highest BCUT2D eigenvalue weighted by molar-refractivity contribution is 5.87. The van der Waals surface area contributed by atoms with E-state index in [1.165, 1.54) is 0 Å². The van der Waals surface area contributed by atoms with Crippen molar-refractivity contribution >= 4 is 23.2 Å². The van der Waals surface area contributed by atoms with E-state index in [0.717, 1.165) is 21.4 Å². The van der Waals surface area contributed by atoms with Crippen LogP contribution in [0.2, 0.25) is 0 Å². The van der Waals surface area contributed by atoms with Crippen LogP contribution in [0.15, 0.2) is 28.1 Å². The van der Waals surface area contributed by atoms with Crippen LogP contribution in [0.3, 0.4) is 0 Å². The van der Waals surface area contributed by atoms with Crippen molar-refractivity contribution in [2.24, 2.45) is 19.2 Å². The first-order chi connectivity index (χ1) is 9.58. The molecule has 0 radical (unpaired) electrons. The van der Waals surface area contributed by atoms with Crippen molar-refractivity contribution in [1.29, 1.82) is 0 Å². The van der Waals surface area contributed by atoms with E-state index in [4.69, 9.17) is 5.73 Å². The third-order valence-electron chi connectivity index (χ3n) is 3.09. The van der Waals surface area contributed by atoms with Gasteiger partial charge in [0.25, 0.3) is 5.95 Å². The standard InChI is InChI=1S/C11H12N8O/c1-17-8-4-3-7(5-9(8)18(2)11(17)20)6-13-19-10(12)14-15-16-19/h3-6H,1-2H3,(H2,12,14,16)/b13-6-. The number of aromatic nitrogens is 6. The molecule has 1 aromatic carbocycles. The van der Waals surface area contributed by atoms with Gasteiger partial charge in [0, 0.05) is 14.1 Å². The summed E-state index contributed by atoms with van der Waals surface area (Å²) < 4.78 is 3.17. The summed E-state index contributed by atoms with van der Waals surface area (Å²) in [5.74, 6) is 0.106. The molecule has 2 N–H and O–H groups in total. The van der Waals surface area contributed by atoms with Crippen molar-refractivity contribution in [2.75, 3.05) is 5.73 Å². The largest absolute Gasteiger partial charge is 0.365 e.